The van der Waals surface area contributed by atoms with E-state index >= 15 is 0 Å². The van der Waals surface area contributed by atoms with Gasteiger partial charge in [-0.05, 0) is 50.2 Å². The summed E-state index contributed by atoms with van der Waals surface area (Å²) >= 11 is 0. The summed E-state index contributed by atoms with van der Waals surface area (Å²) in [5.41, 5.74) is 4.89. The van der Waals surface area contributed by atoms with E-state index in [4.69, 9.17) is 0 Å². The Bertz CT molecular complexity index is 556. The number of carbonyl (C=O) groups is 1. The highest BCUT2D eigenvalue weighted by molar-refractivity contribution is 6.04. The minimum atomic E-state index is 0.0895. The standard InChI is InChI=1S/C19H24O/c1-14-7-9-16(10-8-14)18(20)12-11-17-15(2)6-5-13-19(17,3)4/h7-12H,5-6,13H2,1-4H3. The molecule has 0 fully saturated rings. The molecule has 0 amide bonds. The second kappa shape index (κ2) is 5.78. The third-order valence-electron chi connectivity index (χ3n) is 4.28. The Balaban J connectivity index is 2.20. The average Bonchev–Trinajstić information content (AvgIpc) is 2.38. The lowest BCUT2D eigenvalue weighted by molar-refractivity contribution is 0.104. The molecule has 0 radical (unpaired) electrons. The van der Waals surface area contributed by atoms with Crippen LogP contribution in [0, 0.1) is 12.3 Å². The molecule has 0 bridgehead atoms. The Morgan fingerprint density at radius 1 is 1.15 bits per heavy atom. The zero-order valence-corrected chi connectivity index (χ0v) is 13.0. The number of ketones is 1. The van der Waals surface area contributed by atoms with Crippen molar-refractivity contribution in [3.05, 3.63) is 58.7 Å². The molecule has 1 aromatic rings. The summed E-state index contributed by atoms with van der Waals surface area (Å²) in [6.07, 6.45) is 7.37. The first kappa shape index (κ1) is 14.8. The van der Waals surface area contributed by atoms with E-state index in [9.17, 15) is 4.79 Å². The molecule has 0 spiro atoms. The minimum absolute atomic E-state index is 0.0895. The molecule has 0 saturated carbocycles. The smallest absolute Gasteiger partial charge is 0.185 e. The Morgan fingerprint density at radius 2 is 1.80 bits per heavy atom. The van der Waals surface area contributed by atoms with Crippen LogP contribution in [-0.2, 0) is 0 Å². The van der Waals surface area contributed by atoms with Gasteiger partial charge in [0.15, 0.2) is 5.78 Å². The highest BCUT2D eigenvalue weighted by Gasteiger charge is 2.26. The van der Waals surface area contributed by atoms with Crippen molar-refractivity contribution in [3.8, 4) is 0 Å². The molecule has 2 rings (SSSR count). The molecular formula is C19H24O. The fraction of sp³-hybridized carbons (Fsp3) is 0.421. The maximum Gasteiger partial charge on any atom is 0.185 e. The van der Waals surface area contributed by atoms with Crippen LogP contribution in [0.15, 0.2) is 47.6 Å². The van der Waals surface area contributed by atoms with Gasteiger partial charge in [0.2, 0.25) is 0 Å². The number of hydrogen-bond acceptors (Lipinski definition) is 1. The summed E-state index contributed by atoms with van der Waals surface area (Å²) in [4.78, 5) is 12.2. The first-order valence-corrected chi connectivity index (χ1v) is 7.39. The largest absolute Gasteiger partial charge is 0.289 e. The van der Waals surface area contributed by atoms with E-state index in [0.717, 1.165) is 12.0 Å². The molecule has 1 aliphatic carbocycles. The third kappa shape index (κ3) is 3.27. The summed E-state index contributed by atoms with van der Waals surface area (Å²) in [6.45, 7) is 8.76. The highest BCUT2D eigenvalue weighted by atomic mass is 16.1. The maximum absolute atomic E-state index is 12.2. The molecule has 106 valence electrons. The molecule has 0 atom stereocenters. The van der Waals surface area contributed by atoms with Crippen LogP contribution in [0.4, 0.5) is 0 Å². The van der Waals surface area contributed by atoms with Gasteiger partial charge in [0.25, 0.3) is 0 Å². The molecule has 1 heteroatoms. The normalized spacial score (nSPS) is 18.6. The maximum atomic E-state index is 12.2. The van der Waals surface area contributed by atoms with Crippen LogP contribution >= 0.6 is 0 Å². The van der Waals surface area contributed by atoms with Crippen LogP contribution in [0.3, 0.4) is 0 Å². The van der Waals surface area contributed by atoms with Gasteiger partial charge in [-0.15, -0.1) is 0 Å². The van der Waals surface area contributed by atoms with E-state index in [1.54, 1.807) is 6.08 Å². The van der Waals surface area contributed by atoms with Crippen molar-refractivity contribution in [2.75, 3.05) is 0 Å². The van der Waals surface area contributed by atoms with Gasteiger partial charge in [0, 0.05) is 5.56 Å². The second-order valence-electron chi connectivity index (χ2n) is 6.50. The van der Waals surface area contributed by atoms with E-state index < -0.39 is 0 Å². The molecule has 0 saturated heterocycles. The van der Waals surface area contributed by atoms with Gasteiger partial charge >= 0.3 is 0 Å². The van der Waals surface area contributed by atoms with Gasteiger partial charge in [-0.25, -0.2) is 0 Å². The molecule has 0 aromatic heterocycles. The monoisotopic (exact) mass is 268 g/mol. The van der Waals surface area contributed by atoms with Crippen molar-refractivity contribution in [2.24, 2.45) is 5.41 Å². The fourth-order valence-electron chi connectivity index (χ4n) is 2.98. The summed E-state index contributed by atoms with van der Waals surface area (Å²) < 4.78 is 0. The predicted molar refractivity (Wildman–Crippen MR) is 85.0 cm³/mol. The van der Waals surface area contributed by atoms with Gasteiger partial charge in [-0.1, -0.05) is 55.3 Å². The number of hydrogen-bond donors (Lipinski definition) is 0. The number of carbonyl (C=O) groups excluding carboxylic acids is 1. The van der Waals surface area contributed by atoms with Crippen LogP contribution in [0.5, 0.6) is 0 Å². The minimum Gasteiger partial charge on any atom is -0.289 e. The molecule has 0 N–H and O–H groups in total. The van der Waals surface area contributed by atoms with Crippen molar-refractivity contribution in [1.82, 2.24) is 0 Å². The van der Waals surface area contributed by atoms with Crippen LogP contribution in [0.2, 0.25) is 0 Å². The predicted octanol–water partition coefficient (Wildman–Crippen LogP) is 5.26. The number of aryl methyl sites for hydroxylation is 1. The zero-order valence-electron chi connectivity index (χ0n) is 13.0. The van der Waals surface area contributed by atoms with E-state index in [1.807, 2.05) is 37.3 Å². The lowest BCUT2D eigenvalue weighted by atomic mass is 9.72. The quantitative estimate of drug-likeness (QED) is 0.540. The summed E-state index contributed by atoms with van der Waals surface area (Å²) in [7, 11) is 0. The fourth-order valence-corrected chi connectivity index (χ4v) is 2.98. The average molecular weight is 268 g/mol. The van der Waals surface area contributed by atoms with E-state index in [0.29, 0.717) is 0 Å². The van der Waals surface area contributed by atoms with Gasteiger partial charge in [-0.3, -0.25) is 4.79 Å². The number of benzene rings is 1. The molecule has 0 heterocycles. The third-order valence-corrected chi connectivity index (χ3v) is 4.28. The van der Waals surface area contributed by atoms with Gasteiger partial charge < -0.3 is 0 Å². The molecule has 1 nitrogen and oxygen atoms in total. The van der Waals surface area contributed by atoms with E-state index in [-0.39, 0.29) is 11.2 Å². The molecule has 0 unspecified atom stereocenters. The van der Waals surface area contributed by atoms with Crippen LogP contribution in [0.25, 0.3) is 0 Å². The Hall–Kier alpha value is -1.63. The van der Waals surface area contributed by atoms with E-state index in [1.165, 1.54) is 29.6 Å². The summed E-state index contributed by atoms with van der Waals surface area (Å²) in [5, 5.41) is 0. The van der Waals surface area contributed by atoms with Crippen LogP contribution in [-0.4, -0.2) is 5.78 Å². The number of allylic oxidation sites excluding steroid dienone is 4. The molecular weight excluding hydrogens is 244 g/mol. The molecule has 0 aliphatic heterocycles. The van der Waals surface area contributed by atoms with Crippen molar-refractivity contribution >= 4 is 5.78 Å². The first-order chi connectivity index (χ1) is 9.40. The second-order valence-corrected chi connectivity index (χ2v) is 6.50. The SMILES string of the molecule is CC1=C(C=CC(=O)c2ccc(C)cc2)C(C)(C)CCC1. The Labute approximate surface area is 122 Å². The zero-order chi connectivity index (χ0) is 14.8. The van der Waals surface area contributed by atoms with Crippen molar-refractivity contribution in [1.29, 1.82) is 0 Å². The summed E-state index contributed by atoms with van der Waals surface area (Å²) in [6, 6.07) is 7.76. The lowest BCUT2D eigenvalue weighted by Gasteiger charge is -2.32. The van der Waals surface area contributed by atoms with Crippen molar-refractivity contribution in [2.45, 2.75) is 47.0 Å². The van der Waals surface area contributed by atoms with Crippen molar-refractivity contribution in [3.63, 3.8) is 0 Å². The molecule has 1 aliphatic rings. The lowest BCUT2D eigenvalue weighted by Crippen LogP contribution is -2.19. The summed E-state index contributed by atoms with van der Waals surface area (Å²) in [5.74, 6) is 0.0895. The van der Waals surface area contributed by atoms with Crippen LogP contribution < -0.4 is 0 Å². The number of rotatable bonds is 3. The first-order valence-electron chi connectivity index (χ1n) is 7.39. The Morgan fingerprint density at radius 3 is 2.40 bits per heavy atom. The van der Waals surface area contributed by atoms with Gasteiger partial charge in [0.1, 0.15) is 0 Å². The van der Waals surface area contributed by atoms with E-state index in [2.05, 4.69) is 20.8 Å². The molecule has 20 heavy (non-hydrogen) atoms. The topological polar surface area (TPSA) is 17.1 Å². The van der Waals surface area contributed by atoms with Crippen LogP contribution in [0.1, 0.15) is 56.0 Å². The van der Waals surface area contributed by atoms with Crippen molar-refractivity contribution < 1.29 is 4.79 Å². The van der Waals surface area contributed by atoms with Gasteiger partial charge in [-0.2, -0.15) is 0 Å². The molecule has 1 aromatic carbocycles. The van der Waals surface area contributed by atoms with Gasteiger partial charge in [0.05, 0.1) is 0 Å². The highest BCUT2D eigenvalue weighted by Crippen LogP contribution is 2.40. The Kier molecular flexibility index (Phi) is 4.27.